The second kappa shape index (κ2) is 11.9. The molecule has 8 rings (SSSR count). The molecular weight excluding hydrogens is 618 g/mol. The lowest BCUT2D eigenvalue weighted by Gasteiger charge is -2.28. The van der Waals surface area contributed by atoms with Crippen LogP contribution in [0.4, 0.5) is 20.4 Å². The van der Waals surface area contributed by atoms with Gasteiger partial charge >= 0.3 is 0 Å². The van der Waals surface area contributed by atoms with Crippen molar-refractivity contribution in [2.24, 2.45) is 0 Å². The van der Waals surface area contributed by atoms with E-state index in [0.717, 1.165) is 40.7 Å². The van der Waals surface area contributed by atoms with Crippen molar-refractivity contribution in [1.29, 1.82) is 0 Å². The zero-order valence-electron chi connectivity index (χ0n) is 26.3. The topological polar surface area (TPSA) is 119 Å². The van der Waals surface area contributed by atoms with Crippen molar-refractivity contribution in [3.63, 3.8) is 0 Å². The van der Waals surface area contributed by atoms with Crippen molar-refractivity contribution in [2.75, 3.05) is 37.0 Å². The van der Waals surface area contributed by atoms with E-state index in [0.29, 0.717) is 55.4 Å². The first-order valence-corrected chi connectivity index (χ1v) is 15.8. The van der Waals surface area contributed by atoms with E-state index in [-0.39, 0.29) is 17.6 Å². The lowest BCUT2D eigenvalue weighted by Crippen LogP contribution is -2.44. The molecule has 1 fully saturated rings. The van der Waals surface area contributed by atoms with Crippen molar-refractivity contribution < 1.29 is 18.3 Å². The van der Waals surface area contributed by atoms with Crippen LogP contribution in [0.1, 0.15) is 19.2 Å². The number of halogens is 2. The second-order valence-electron chi connectivity index (χ2n) is 12.0. The molecule has 6 aromatic rings. The van der Waals surface area contributed by atoms with Gasteiger partial charge in [-0.05, 0) is 43.7 Å². The molecule has 12 nitrogen and oxygen atoms in total. The van der Waals surface area contributed by atoms with Crippen LogP contribution < -0.4 is 10.2 Å². The minimum atomic E-state index is -0.767. The van der Waals surface area contributed by atoms with Crippen molar-refractivity contribution in [3.05, 3.63) is 84.6 Å². The predicted molar refractivity (Wildman–Crippen MR) is 176 cm³/mol. The SMILES string of the molecule is CCN(C)C(=O)C1CC(Nc2cccc(-c3cccc4nc5n(c34)CCOC5)n2)CN1c1ncnc2c1cnn2-c1ccc(F)cc1F. The molecule has 0 saturated carbocycles. The number of carbonyl (C=O) groups is 1. The van der Waals surface area contributed by atoms with Crippen LogP contribution in [0, 0.1) is 11.6 Å². The Labute approximate surface area is 274 Å². The number of nitrogens with zero attached hydrogens (tertiary/aromatic N) is 9. The number of rotatable bonds is 7. The van der Waals surface area contributed by atoms with Gasteiger partial charge in [0.25, 0.3) is 0 Å². The number of para-hydroxylation sites is 1. The summed E-state index contributed by atoms with van der Waals surface area (Å²) in [4.78, 5) is 36.1. The average molecular weight is 651 g/mol. The Hall–Kier alpha value is -5.50. The number of hydrogen-bond donors (Lipinski definition) is 1. The van der Waals surface area contributed by atoms with E-state index in [1.54, 1.807) is 18.1 Å². The predicted octanol–water partition coefficient (Wildman–Crippen LogP) is 4.57. The number of amides is 1. The standard InChI is InChI=1S/C34H32F2N10O2/c1-3-43(2)34(47)28-15-21(17-45(28)32-23-16-39-46(33(23)38-19-37-32)27-11-10-20(35)14-24(27)36)40-29-9-5-7-25(41-29)22-6-4-8-26-31(22)44-12-13-48-18-30(44)42-26/h4-11,14,16,19,21,28H,3,12-13,15,17-18H2,1-2H3,(H,40,41). The first kappa shape index (κ1) is 29.9. The molecule has 2 aliphatic heterocycles. The number of aromatic nitrogens is 7. The maximum atomic E-state index is 14.7. The third-order valence-corrected chi connectivity index (χ3v) is 9.10. The number of ether oxygens (including phenoxy) is 1. The molecule has 1 saturated heterocycles. The van der Waals surface area contributed by atoms with Crippen LogP contribution in [0.3, 0.4) is 0 Å². The summed E-state index contributed by atoms with van der Waals surface area (Å²) in [5, 5.41) is 8.49. The number of anilines is 2. The van der Waals surface area contributed by atoms with Crippen LogP contribution in [0.25, 0.3) is 39.0 Å². The highest BCUT2D eigenvalue weighted by molar-refractivity contribution is 5.93. The van der Waals surface area contributed by atoms with Crippen LogP contribution >= 0.6 is 0 Å². The van der Waals surface area contributed by atoms with E-state index in [1.165, 1.54) is 23.1 Å². The third kappa shape index (κ3) is 5.08. The Morgan fingerprint density at radius 2 is 1.98 bits per heavy atom. The molecule has 0 radical (unpaired) electrons. The lowest BCUT2D eigenvalue weighted by molar-refractivity contribution is -0.130. The number of carbonyl (C=O) groups excluding carboxylic acids is 1. The zero-order valence-corrected chi connectivity index (χ0v) is 26.3. The lowest BCUT2D eigenvalue weighted by atomic mass is 10.1. The largest absolute Gasteiger partial charge is 0.372 e. The van der Waals surface area contributed by atoms with Crippen molar-refractivity contribution in [3.8, 4) is 16.9 Å². The molecule has 244 valence electrons. The fraction of sp³-hybridized carbons (Fsp3) is 0.294. The molecule has 6 heterocycles. The molecule has 0 bridgehead atoms. The number of fused-ring (bicyclic) bond motifs is 4. The molecule has 0 spiro atoms. The van der Waals surface area contributed by atoms with Gasteiger partial charge in [-0.1, -0.05) is 18.2 Å². The van der Waals surface area contributed by atoms with Gasteiger partial charge in [0.15, 0.2) is 11.5 Å². The van der Waals surface area contributed by atoms with Gasteiger partial charge in [0, 0.05) is 44.4 Å². The Morgan fingerprint density at radius 1 is 1.10 bits per heavy atom. The highest BCUT2D eigenvalue weighted by Gasteiger charge is 2.40. The summed E-state index contributed by atoms with van der Waals surface area (Å²) in [6, 6.07) is 14.5. The van der Waals surface area contributed by atoms with E-state index in [9.17, 15) is 13.6 Å². The Kier molecular flexibility index (Phi) is 7.43. The van der Waals surface area contributed by atoms with Crippen molar-refractivity contribution >= 4 is 39.6 Å². The average Bonchev–Trinajstić information content (AvgIpc) is 3.83. The Morgan fingerprint density at radius 3 is 2.83 bits per heavy atom. The van der Waals surface area contributed by atoms with Crippen LogP contribution in [-0.2, 0) is 22.7 Å². The number of nitrogens with one attached hydrogen (secondary N) is 1. The molecule has 2 unspecified atom stereocenters. The number of imidazole rings is 1. The Balaban J connectivity index is 1.12. The van der Waals surface area contributed by atoms with Crippen LogP contribution in [0.2, 0.25) is 0 Å². The molecule has 1 N–H and O–H groups in total. The quantitative estimate of drug-likeness (QED) is 0.265. The van der Waals surface area contributed by atoms with E-state index in [2.05, 4.69) is 31.0 Å². The minimum Gasteiger partial charge on any atom is -0.372 e. The number of pyridine rings is 1. The van der Waals surface area contributed by atoms with Crippen LogP contribution in [0.5, 0.6) is 0 Å². The first-order chi connectivity index (χ1) is 23.4. The summed E-state index contributed by atoms with van der Waals surface area (Å²) in [7, 11) is 1.78. The molecule has 4 aromatic heterocycles. The highest BCUT2D eigenvalue weighted by atomic mass is 19.1. The maximum Gasteiger partial charge on any atom is 0.245 e. The molecular formula is C34H32F2N10O2. The summed E-state index contributed by atoms with van der Waals surface area (Å²) in [5.41, 5.74) is 4.14. The van der Waals surface area contributed by atoms with E-state index >= 15 is 0 Å². The molecule has 48 heavy (non-hydrogen) atoms. The second-order valence-corrected chi connectivity index (χ2v) is 12.0. The Bertz CT molecular complexity index is 2180. The smallest absolute Gasteiger partial charge is 0.245 e. The number of likely N-dealkylation sites (N-methyl/N-ethyl adjacent to an activating group) is 1. The highest BCUT2D eigenvalue weighted by Crippen LogP contribution is 2.34. The third-order valence-electron chi connectivity index (χ3n) is 9.10. The molecule has 14 heteroatoms. The molecule has 1 amide bonds. The summed E-state index contributed by atoms with van der Waals surface area (Å²) >= 11 is 0. The van der Waals surface area contributed by atoms with E-state index < -0.39 is 17.7 Å². The fourth-order valence-electron chi connectivity index (χ4n) is 6.69. The number of benzene rings is 2. The van der Waals surface area contributed by atoms with Gasteiger partial charge in [0.2, 0.25) is 5.91 Å². The van der Waals surface area contributed by atoms with Gasteiger partial charge in [-0.25, -0.2) is 33.4 Å². The number of hydrogen-bond acceptors (Lipinski definition) is 9. The normalized spacial score (nSPS) is 17.6. The monoisotopic (exact) mass is 650 g/mol. The molecule has 0 aliphatic carbocycles. The zero-order chi connectivity index (χ0) is 32.9. The van der Waals surface area contributed by atoms with Crippen molar-refractivity contribution in [2.45, 2.75) is 38.6 Å². The van der Waals surface area contributed by atoms with E-state index in [4.69, 9.17) is 14.7 Å². The maximum absolute atomic E-state index is 14.7. The van der Waals surface area contributed by atoms with Crippen LogP contribution in [0.15, 0.2) is 67.1 Å². The molecule has 2 aliphatic rings. The fourth-order valence-corrected chi connectivity index (χ4v) is 6.69. The van der Waals surface area contributed by atoms with Gasteiger partial charge in [-0.3, -0.25) is 4.79 Å². The van der Waals surface area contributed by atoms with E-state index in [1.807, 2.05) is 42.2 Å². The summed E-state index contributed by atoms with van der Waals surface area (Å²) < 4.78 is 37.5. The molecule has 2 atom stereocenters. The van der Waals surface area contributed by atoms with Crippen molar-refractivity contribution in [1.82, 2.24) is 39.2 Å². The summed E-state index contributed by atoms with van der Waals surface area (Å²) in [6.45, 7) is 4.76. The first-order valence-electron chi connectivity index (χ1n) is 15.8. The van der Waals surface area contributed by atoms with Crippen LogP contribution in [-0.4, -0.2) is 83.9 Å². The summed E-state index contributed by atoms with van der Waals surface area (Å²) in [6.07, 6.45) is 3.41. The van der Waals surface area contributed by atoms with Gasteiger partial charge in [-0.2, -0.15) is 5.10 Å². The minimum absolute atomic E-state index is 0.0478. The van der Waals surface area contributed by atoms with Gasteiger partial charge in [0.1, 0.15) is 47.9 Å². The van der Waals surface area contributed by atoms with Gasteiger partial charge in [0.05, 0.1) is 34.9 Å². The summed E-state index contributed by atoms with van der Waals surface area (Å²) in [5.74, 6) is 0.589. The van der Waals surface area contributed by atoms with Gasteiger partial charge in [-0.15, -0.1) is 0 Å². The van der Waals surface area contributed by atoms with Gasteiger partial charge < -0.3 is 24.4 Å². The molecule has 2 aromatic carbocycles.